The Morgan fingerprint density at radius 2 is 1.68 bits per heavy atom. The fourth-order valence-corrected chi connectivity index (χ4v) is 2.88. The van der Waals surface area contributed by atoms with Crippen LogP contribution in [0.4, 0.5) is 0 Å². The number of hydrogen-bond donors (Lipinski definition) is 1. The van der Waals surface area contributed by atoms with E-state index in [1.165, 1.54) is 63.9 Å². The SMILES string of the molecule is CCCCCCC1CC1CCCCC/C=C\C(=O)O. The number of allylic oxidation sites excluding steroid dienone is 1. The number of rotatable bonds is 12. The maximum absolute atomic E-state index is 10.3. The third-order valence-corrected chi connectivity index (χ3v) is 4.20. The molecule has 0 aromatic carbocycles. The summed E-state index contributed by atoms with van der Waals surface area (Å²) in [4.78, 5) is 10.3. The summed E-state index contributed by atoms with van der Waals surface area (Å²) in [6, 6.07) is 0. The van der Waals surface area contributed by atoms with E-state index in [2.05, 4.69) is 6.92 Å². The lowest BCUT2D eigenvalue weighted by Gasteiger charge is -2.01. The smallest absolute Gasteiger partial charge is 0.327 e. The van der Waals surface area contributed by atoms with Gasteiger partial charge in [0.1, 0.15) is 0 Å². The van der Waals surface area contributed by atoms with Crippen LogP contribution >= 0.6 is 0 Å². The van der Waals surface area contributed by atoms with Gasteiger partial charge in [-0.3, -0.25) is 0 Å². The second-order valence-electron chi connectivity index (χ2n) is 5.98. The van der Waals surface area contributed by atoms with E-state index < -0.39 is 5.97 Å². The van der Waals surface area contributed by atoms with Gasteiger partial charge in [0.15, 0.2) is 0 Å². The summed E-state index contributed by atoms with van der Waals surface area (Å²) in [5.41, 5.74) is 0. The van der Waals surface area contributed by atoms with Crippen molar-refractivity contribution in [1.82, 2.24) is 0 Å². The highest BCUT2D eigenvalue weighted by Crippen LogP contribution is 2.45. The Hall–Kier alpha value is -0.790. The topological polar surface area (TPSA) is 37.3 Å². The normalized spacial score (nSPS) is 21.9. The molecule has 1 aliphatic carbocycles. The van der Waals surface area contributed by atoms with E-state index in [0.717, 1.165) is 24.7 Å². The number of carboxylic acids is 1. The summed E-state index contributed by atoms with van der Waals surface area (Å²) >= 11 is 0. The van der Waals surface area contributed by atoms with Crippen LogP contribution in [0.1, 0.15) is 77.6 Å². The molecule has 1 fully saturated rings. The Bertz CT molecular complexity index is 270. The molecule has 0 heterocycles. The van der Waals surface area contributed by atoms with E-state index in [9.17, 15) is 4.79 Å². The van der Waals surface area contributed by atoms with Gasteiger partial charge in [-0.25, -0.2) is 4.79 Å². The molecule has 0 aliphatic heterocycles. The first-order valence-electron chi connectivity index (χ1n) is 8.13. The quantitative estimate of drug-likeness (QED) is 0.390. The molecule has 0 bridgehead atoms. The minimum absolute atomic E-state index is 0.830. The van der Waals surface area contributed by atoms with Crippen LogP contribution in [0.15, 0.2) is 12.2 Å². The van der Waals surface area contributed by atoms with Gasteiger partial charge in [0.25, 0.3) is 0 Å². The third kappa shape index (κ3) is 8.85. The van der Waals surface area contributed by atoms with Crippen LogP contribution in [0.3, 0.4) is 0 Å². The number of unbranched alkanes of at least 4 members (excludes halogenated alkanes) is 6. The average molecular weight is 266 g/mol. The molecule has 110 valence electrons. The van der Waals surface area contributed by atoms with Gasteiger partial charge < -0.3 is 5.11 Å². The highest BCUT2D eigenvalue weighted by atomic mass is 16.4. The van der Waals surface area contributed by atoms with Crippen LogP contribution in [0, 0.1) is 11.8 Å². The van der Waals surface area contributed by atoms with Gasteiger partial charge in [0.2, 0.25) is 0 Å². The first-order chi connectivity index (χ1) is 9.24. The minimum Gasteiger partial charge on any atom is -0.478 e. The molecule has 1 rings (SSSR count). The van der Waals surface area contributed by atoms with Crippen molar-refractivity contribution in [3.63, 3.8) is 0 Å². The average Bonchev–Trinajstić information content (AvgIpc) is 3.12. The van der Waals surface area contributed by atoms with Crippen molar-refractivity contribution in [1.29, 1.82) is 0 Å². The largest absolute Gasteiger partial charge is 0.478 e. The maximum Gasteiger partial charge on any atom is 0.327 e. The van der Waals surface area contributed by atoms with E-state index in [1.807, 2.05) is 0 Å². The maximum atomic E-state index is 10.3. The predicted molar refractivity (Wildman–Crippen MR) is 80.2 cm³/mol. The fraction of sp³-hybridized carbons (Fsp3) is 0.824. The number of hydrogen-bond acceptors (Lipinski definition) is 1. The molecular formula is C17H30O2. The molecule has 1 N–H and O–H groups in total. The molecule has 0 amide bonds. The Kier molecular flexibility index (Phi) is 8.61. The van der Waals surface area contributed by atoms with Gasteiger partial charge in [-0.1, -0.05) is 64.4 Å². The second kappa shape index (κ2) is 10.1. The molecular weight excluding hydrogens is 236 g/mol. The van der Waals surface area contributed by atoms with Crippen LogP contribution in [0.25, 0.3) is 0 Å². The zero-order valence-electron chi connectivity index (χ0n) is 12.4. The summed E-state index contributed by atoms with van der Waals surface area (Å²) < 4.78 is 0. The van der Waals surface area contributed by atoms with Crippen LogP contribution in [0.5, 0.6) is 0 Å². The van der Waals surface area contributed by atoms with Gasteiger partial charge in [0, 0.05) is 6.08 Å². The Morgan fingerprint density at radius 1 is 1.05 bits per heavy atom. The van der Waals surface area contributed by atoms with Gasteiger partial charge >= 0.3 is 5.97 Å². The second-order valence-corrected chi connectivity index (χ2v) is 5.98. The van der Waals surface area contributed by atoms with E-state index in [-0.39, 0.29) is 0 Å². The summed E-state index contributed by atoms with van der Waals surface area (Å²) in [7, 11) is 0. The van der Waals surface area contributed by atoms with Crippen LogP contribution < -0.4 is 0 Å². The lowest BCUT2D eigenvalue weighted by Crippen LogP contribution is -1.87. The van der Waals surface area contributed by atoms with E-state index >= 15 is 0 Å². The summed E-state index contributed by atoms with van der Waals surface area (Å²) in [6.45, 7) is 2.27. The van der Waals surface area contributed by atoms with Crippen molar-refractivity contribution in [2.45, 2.75) is 77.6 Å². The molecule has 1 saturated carbocycles. The molecule has 2 heteroatoms. The van der Waals surface area contributed by atoms with E-state index in [4.69, 9.17) is 5.11 Å². The lowest BCUT2D eigenvalue weighted by atomic mass is 10.1. The number of carboxylic acid groups (broad SMARTS) is 1. The van der Waals surface area contributed by atoms with Crippen molar-refractivity contribution in [3.05, 3.63) is 12.2 Å². The first-order valence-corrected chi connectivity index (χ1v) is 8.13. The van der Waals surface area contributed by atoms with E-state index in [1.54, 1.807) is 6.08 Å². The third-order valence-electron chi connectivity index (χ3n) is 4.20. The molecule has 0 saturated heterocycles. The summed E-state index contributed by atoms with van der Waals surface area (Å²) in [6.07, 6.45) is 17.6. The minimum atomic E-state index is -0.830. The highest BCUT2D eigenvalue weighted by Gasteiger charge is 2.34. The van der Waals surface area contributed by atoms with Gasteiger partial charge in [-0.2, -0.15) is 0 Å². The molecule has 0 radical (unpaired) electrons. The molecule has 0 aromatic heterocycles. The molecule has 2 atom stereocenters. The number of carbonyl (C=O) groups is 1. The fourth-order valence-electron chi connectivity index (χ4n) is 2.88. The van der Waals surface area contributed by atoms with Crippen molar-refractivity contribution in [2.24, 2.45) is 11.8 Å². The van der Waals surface area contributed by atoms with Gasteiger partial charge in [0.05, 0.1) is 0 Å². The van der Waals surface area contributed by atoms with Crippen molar-refractivity contribution < 1.29 is 9.90 Å². The summed E-state index contributed by atoms with van der Waals surface area (Å²) in [5, 5.41) is 8.44. The first kappa shape index (κ1) is 16.3. The Morgan fingerprint density at radius 3 is 2.26 bits per heavy atom. The Labute approximate surface area is 118 Å². The van der Waals surface area contributed by atoms with Gasteiger partial charge in [-0.15, -0.1) is 0 Å². The molecule has 0 spiro atoms. The molecule has 2 unspecified atom stereocenters. The molecule has 2 nitrogen and oxygen atoms in total. The van der Waals surface area contributed by atoms with E-state index in [0.29, 0.717) is 0 Å². The number of aliphatic carboxylic acids is 1. The van der Waals surface area contributed by atoms with Crippen LogP contribution in [-0.4, -0.2) is 11.1 Å². The van der Waals surface area contributed by atoms with Crippen LogP contribution in [0.2, 0.25) is 0 Å². The lowest BCUT2D eigenvalue weighted by molar-refractivity contribution is -0.131. The molecule has 19 heavy (non-hydrogen) atoms. The van der Waals surface area contributed by atoms with Crippen LogP contribution in [-0.2, 0) is 4.79 Å². The molecule has 1 aliphatic rings. The van der Waals surface area contributed by atoms with Crippen molar-refractivity contribution >= 4 is 5.97 Å². The molecule has 0 aromatic rings. The predicted octanol–water partition coefficient (Wildman–Crippen LogP) is 5.18. The monoisotopic (exact) mass is 266 g/mol. The highest BCUT2D eigenvalue weighted by molar-refractivity contribution is 5.79. The summed E-state index contributed by atoms with van der Waals surface area (Å²) in [5.74, 6) is 1.24. The van der Waals surface area contributed by atoms with Crippen molar-refractivity contribution in [3.8, 4) is 0 Å². The standard InChI is InChI=1S/C17H30O2/c1-2-3-4-8-11-15-14-16(15)12-9-6-5-7-10-13-17(18)19/h10,13,15-16H,2-9,11-12,14H2,1H3,(H,18,19)/b13-10-. The Balaban J connectivity index is 1.83. The van der Waals surface area contributed by atoms with Gasteiger partial charge in [-0.05, 0) is 31.1 Å². The van der Waals surface area contributed by atoms with Crippen molar-refractivity contribution in [2.75, 3.05) is 0 Å². The zero-order valence-corrected chi connectivity index (χ0v) is 12.4. The zero-order chi connectivity index (χ0) is 13.9.